The van der Waals surface area contributed by atoms with Crippen LogP contribution in [0.5, 0.6) is 0 Å². The highest BCUT2D eigenvalue weighted by molar-refractivity contribution is 14.0. The Morgan fingerprint density at radius 3 is 2.64 bits per heavy atom. The van der Waals surface area contributed by atoms with Crippen LogP contribution in [0.2, 0.25) is 10.0 Å². The standard InChI is InChI=1S/C13H21Cl2N5O.HI/c1-16-13(18-4-3-7-21-2)19-6-5-17-12-11(15)8-10(14)9-20-12;/h8-9H,3-7H2,1-2H3,(H,17,20)(H2,16,18,19);1H. The Labute approximate surface area is 158 Å². The molecule has 0 unspecified atom stereocenters. The number of nitrogens with one attached hydrogen (secondary N) is 3. The topological polar surface area (TPSA) is 70.6 Å². The van der Waals surface area contributed by atoms with Crippen molar-refractivity contribution in [3.63, 3.8) is 0 Å². The second-order valence-corrected chi connectivity index (χ2v) is 5.03. The van der Waals surface area contributed by atoms with Gasteiger partial charge < -0.3 is 20.7 Å². The van der Waals surface area contributed by atoms with Gasteiger partial charge in [0.1, 0.15) is 5.82 Å². The van der Waals surface area contributed by atoms with Gasteiger partial charge in [0.25, 0.3) is 0 Å². The molecule has 0 aliphatic heterocycles. The second-order valence-electron chi connectivity index (χ2n) is 4.18. The minimum absolute atomic E-state index is 0. The molecule has 0 saturated carbocycles. The molecule has 3 N–H and O–H groups in total. The maximum absolute atomic E-state index is 6.02. The number of hydrogen-bond donors (Lipinski definition) is 3. The van der Waals surface area contributed by atoms with Gasteiger partial charge in [-0.15, -0.1) is 24.0 Å². The monoisotopic (exact) mass is 461 g/mol. The van der Waals surface area contributed by atoms with Crippen LogP contribution in [0.15, 0.2) is 17.3 Å². The molecule has 1 heterocycles. The number of ether oxygens (including phenoxy) is 1. The van der Waals surface area contributed by atoms with Crippen molar-refractivity contribution >= 4 is 59.0 Å². The van der Waals surface area contributed by atoms with Crippen molar-refractivity contribution in [1.29, 1.82) is 0 Å². The Morgan fingerprint density at radius 1 is 1.27 bits per heavy atom. The lowest BCUT2D eigenvalue weighted by atomic mass is 10.4. The fourth-order valence-electron chi connectivity index (χ4n) is 1.55. The number of aromatic nitrogens is 1. The Morgan fingerprint density at radius 2 is 2.00 bits per heavy atom. The first-order valence-corrected chi connectivity index (χ1v) is 7.41. The molecular weight excluding hydrogens is 440 g/mol. The molecule has 0 aromatic carbocycles. The third-order valence-corrected chi connectivity index (χ3v) is 3.05. The van der Waals surface area contributed by atoms with E-state index in [4.69, 9.17) is 27.9 Å². The van der Waals surface area contributed by atoms with Crippen LogP contribution in [0.1, 0.15) is 6.42 Å². The third-order valence-electron chi connectivity index (χ3n) is 2.56. The van der Waals surface area contributed by atoms with Crippen molar-refractivity contribution in [1.82, 2.24) is 15.6 Å². The van der Waals surface area contributed by atoms with Gasteiger partial charge in [0.2, 0.25) is 0 Å². The molecule has 0 atom stereocenters. The zero-order valence-electron chi connectivity index (χ0n) is 12.7. The van der Waals surface area contributed by atoms with Gasteiger partial charge in [-0.3, -0.25) is 4.99 Å². The summed E-state index contributed by atoms with van der Waals surface area (Å²) >= 11 is 11.8. The summed E-state index contributed by atoms with van der Waals surface area (Å²) in [5.41, 5.74) is 0. The molecule has 1 aromatic rings. The molecule has 0 aliphatic rings. The highest BCUT2D eigenvalue weighted by Crippen LogP contribution is 2.21. The maximum atomic E-state index is 6.02. The number of guanidine groups is 1. The summed E-state index contributed by atoms with van der Waals surface area (Å²) in [4.78, 5) is 8.25. The normalized spacial score (nSPS) is 10.8. The third kappa shape index (κ3) is 8.82. The minimum Gasteiger partial charge on any atom is -0.385 e. The SMILES string of the molecule is CN=C(NCCCOC)NCCNc1ncc(Cl)cc1Cl.I. The van der Waals surface area contributed by atoms with E-state index in [0.717, 1.165) is 25.5 Å². The van der Waals surface area contributed by atoms with E-state index in [1.807, 2.05) is 0 Å². The molecule has 0 aliphatic carbocycles. The Kier molecular flexibility index (Phi) is 12.7. The first kappa shape index (κ1) is 21.5. The molecule has 0 saturated heterocycles. The minimum atomic E-state index is 0. The molecule has 1 rings (SSSR count). The molecule has 0 bridgehead atoms. The molecule has 6 nitrogen and oxygen atoms in total. The van der Waals surface area contributed by atoms with Gasteiger partial charge in [0, 0.05) is 46.6 Å². The highest BCUT2D eigenvalue weighted by atomic mass is 127. The zero-order chi connectivity index (χ0) is 15.5. The fourth-order valence-corrected chi connectivity index (χ4v) is 2.00. The molecule has 0 spiro atoms. The van der Waals surface area contributed by atoms with Crippen LogP contribution in [0.4, 0.5) is 5.82 Å². The van der Waals surface area contributed by atoms with Crippen molar-refractivity contribution in [2.45, 2.75) is 6.42 Å². The summed E-state index contributed by atoms with van der Waals surface area (Å²) in [5.74, 6) is 1.37. The van der Waals surface area contributed by atoms with Gasteiger partial charge in [-0.25, -0.2) is 4.98 Å². The highest BCUT2D eigenvalue weighted by Gasteiger charge is 2.02. The number of nitrogens with zero attached hydrogens (tertiary/aromatic N) is 2. The quantitative estimate of drug-likeness (QED) is 0.240. The van der Waals surface area contributed by atoms with Gasteiger partial charge in [-0.1, -0.05) is 23.2 Å². The number of aliphatic imine (C=N–C) groups is 1. The van der Waals surface area contributed by atoms with Crippen LogP contribution < -0.4 is 16.0 Å². The van der Waals surface area contributed by atoms with Crippen LogP contribution in [-0.2, 0) is 4.74 Å². The average Bonchev–Trinajstić information content (AvgIpc) is 2.47. The molecule has 1 aromatic heterocycles. The molecule has 9 heteroatoms. The van der Waals surface area contributed by atoms with Gasteiger partial charge >= 0.3 is 0 Å². The number of methoxy groups -OCH3 is 1. The van der Waals surface area contributed by atoms with Crippen molar-refractivity contribution in [2.75, 3.05) is 45.7 Å². The van der Waals surface area contributed by atoms with Gasteiger partial charge in [0.05, 0.1) is 10.0 Å². The van der Waals surface area contributed by atoms with Gasteiger partial charge in [-0.05, 0) is 12.5 Å². The molecule has 0 amide bonds. The van der Waals surface area contributed by atoms with Crippen molar-refractivity contribution in [2.24, 2.45) is 4.99 Å². The van der Waals surface area contributed by atoms with Gasteiger partial charge in [0.15, 0.2) is 5.96 Å². The Hall–Kier alpha value is -0.510. The number of halogens is 3. The van der Waals surface area contributed by atoms with E-state index in [2.05, 4.69) is 25.9 Å². The number of pyridine rings is 1. The van der Waals surface area contributed by atoms with Gasteiger partial charge in [-0.2, -0.15) is 0 Å². The van der Waals surface area contributed by atoms with E-state index in [1.165, 1.54) is 0 Å². The van der Waals surface area contributed by atoms with E-state index in [-0.39, 0.29) is 24.0 Å². The summed E-state index contributed by atoms with van der Waals surface area (Å²) in [6.07, 6.45) is 2.49. The summed E-state index contributed by atoms with van der Waals surface area (Å²) in [5, 5.41) is 10.5. The van der Waals surface area contributed by atoms with Crippen molar-refractivity contribution in [3.05, 3.63) is 22.3 Å². The lowest BCUT2D eigenvalue weighted by Gasteiger charge is -2.12. The first-order valence-electron chi connectivity index (χ1n) is 6.65. The van der Waals surface area contributed by atoms with Crippen LogP contribution in [-0.4, -0.2) is 51.3 Å². The number of rotatable bonds is 8. The average molecular weight is 462 g/mol. The van der Waals surface area contributed by atoms with E-state index in [9.17, 15) is 0 Å². The zero-order valence-corrected chi connectivity index (χ0v) is 16.5. The lowest BCUT2D eigenvalue weighted by molar-refractivity contribution is 0.195. The van der Waals surface area contributed by atoms with Crippen molar-refractivity contribution in [3.8, 4) is 0 Å². The summed E-state index contributed by atoms with van der Waals surface area (Å²) in [6.45, 7) is 2.88. The van der Waals surface area contributed by atoms with E-state index < -0.39 is 0 Å². The van der Waals surface area contributed by atoms with Crippen LogP contribution >= 0.6 is 47.2 Å². The fraction of sp³-hybridized carbons (Fsp3) is 0.538. The van der Waals surface area contributed by atoms with Crippen molar-refractivity contribution < 1.29 is 4.74 Å². The van der Waals surface area contributed by atoms with E-state index >= 15 is 0 Å². The Balaban J connectivity index is 0.00000441. The predicted octanol–water partition coefficient (Wildman–Crippen LogP) is 2.62. The summed E-state index contributed by atoms with van der Waals surface area (Å²) < 4.78 is 4.99. The molecule has 0 fully saturated rings. The number of hydrogen-bond acceptors (Lipinski definition) is 4. The molecular formula is C13H22Cl2IN5O. The second kappa shape index (κ2) is 13.0. The molecule has 126 valence electrons. The smallest absolute Gasteiger partial charge is 0.191 e. The predicted molar refractivity (Wildman–Crippen MR) is 104 cm³/mol. The Bertz CT molecular complexity index is 462. The summed E-state index contributed by atoms with van der Waals surface area (Å²) in [6, 6.07) is 1.65. The first-order chi connectivity index (χ1) is 10.2. The molecule has 0 radical (unpaired) electrons. The van der Waals surface area contributed by atoms with E-state index in [1.54, 1.807) is 26.4 Å². The largest absolute Gasteiger partial charge is 0.385 e. The summed E-state index contributed by atoms with van der Waals surface area (Å²) in [7, 11) is 3.42. The number of anilines is 1. The van der Waals surface area contributed by atoms with Crippen LogP contribution in [0.3, 0.4) is 0 Å². The van der Waals surface area contributed by atoms with E-state index in [0.29, 0.717) is 29.0 Å². The van der Waals surface area contributed by atoms with Crippen LogP contribution in [0, 0.1) is 0 Å². The maximum Gasteiger partial charge on any atom is 0.191 e. The lowest BCUT2D eigenvalue weighted by Crippen LogP contribution is -2.40. The molecule has 22 heavy (non-hydrogen) atoms. The van der Waals surface area contributed by atoms with Crippen LogP contribution in [0.25, 0.3) is 0 Å².